The lowest BCUT2D eigenvalue weighted by Crippen LogP contribution is -2.58. The van der Waals surface area contributed by atoms with Gasteiger partial charge in [-0.15, -0.1) is 0 Å². The Hall–Kier alpha value is -3.64. The summed E-state index contributed by atoms with van der Waals surface area (Å²) in [4.78, 5) is 31.8. The zero-order valence-corrected chi connectivity index (χ0v) is 27.0. The predicted octanol–water partition coefficient (Wildman–Crippen LogP) is 4.00. The first-order chi connectivity index (χ1) is 20.9. The Morgan fingerprint density at radius 2 is 1.68 bits per heavy atom. The van der Waals surface area contributed by atoms with Gasteiger partial charge in [0.2, 0.25) is 5.91 Å². The number of amides is 2. The lowest BCUT2D eigenvalue weighted by Gasteiger charge is -2.35. The SMILES string of the molecule is COc1ccc(S(=O)(=O)N2C(=O)[C@@](NC(C)C(=O)N(C)C)(c3ccc(CN4CCCC4)cc3OC)c3cc(Cl)ccc32)cc1. The highest BCUT2D eigenvalue weighted by Gasteiger charge is 2.58. The molecule has 0 radical (unpaired) electrons. The summed E-state index contributed by atoms with van der Waals surface area (Å²) in [6.07, 6.45) is 2.29. The third kappa shape index (κ3) is 5.53. The number of anilines is 1. The molecule has 2 amide bonds. The van der Waals surface area contributed by atoms with Crippen LogP contribution in [0.4, 0.5) is 5.69 Å². The molecule has 1 N–H and O–H groups in total. The first-order valence-corrected chi connectivity index (χ1v) is 16.2. The van der Waals surface area contributed by atoms with E-state index in [-0.39, 0.29) is 22.1 Å². The van der Waals surface area contributed by atoms with Crippen LogP contribution >= 0.6 is 11.6 Å². The van der Waals surface area contributed by atoms with Crippen molar-refractivity contribution in [1.82, 2.24) is 15.1 Å². The molecule has 2 heterocycles. The van der Waals surface area contributed by atoms with Crippen LogP contribution in [0.2, 0.25) is 5.02 Å². The number of halogens is 1. The largest absolute Gasteiger partial charge is 0.497 e. The Labute approximate surface area is 263 Å². The van der Waals surface area contributed by atoms with Crippen molar-refractivity contribution in [3.8, 4) is 11.5 Å². The summed E-state index contributed by atoms with van der Waals surface area (Å²) in [7, 11) is 1.78. The number of fused-ring (bicyclic) bond motifs is 1. The zero-order valence-electron chi connectivity index (χ0n) is 25.5. The number of hydrogen-bond acceptors (Lipinski definition) is 8. The van der Waals surface area contributed by atoms with E-state index in [1.165, 1.54) is 55.5 Å². The molecule has 44 heavy (non-hydrogen) atoms. The molecule has 234 valence electrons. The number of rotatable bonds is 10. The Bertz CT molecular complexity index is 1670. The van der Waals surface area contributed by atoms with Crippen LogP contribution in [0.3, 0.4) is 0 Å². The molecule has 0 bridgehead atoms. The number of hydrogen-bond donors (Lipinski definition) is 1. The number of nitrogens with one attached hydrogen (secondary N) is 1. The number of ether oxygens (including phenoxy) is 2. The number of methoxy groups -OCH3 is 2. The first kappa shape index (κ1) is 31.8. The monoisotopic (exact) mass is 640 g/mol. The molecule has 3 aromatic carbocycles. The molecule has 0 aromatic heterocycles. The molecule has 2 aliphatic heterocycles. The molecule has 5 rings (SSSR count). The maximum absolute atomic E-state index is 14.9. The average molecular weight is 641 g/mol. The van der Waals surface area contributed by atoms with Gasteiger partial charge in [-0.05, 0) is 86.9 Å². The van der Waals surface area contributed by atoms with Gasteiger partial charge in [0.1, 0.15) is 11.5 Å². The summed E-state index contributed by atoms with van der Waals surface area (Å²) in [5.41, 5.74) is -0.0851. The predicted molar refractivity (Wildman–Crippen MR) is 169 cm³/mol. The molecule has 0 aliphatic carbocycles. The minimum absolute atomic E-state index is 0.103. The second-order valence-electron chi connectivity index (χ2n) is 11.3. The molecule has 0 saturated carbocycles. The molecular weight excluding hydrogens is 604 g/mol. The highest BCUT2D eigenvalue weighted by atomic mass is 35.5. The van der Waals surface area contributed by atoms with Crippen LogP contribution in [0, 0.1) is 0 Å². The number of likely N-dealkylation sites (N-methyl/N-ethyl adjacent to an activating group) is 1. The van der Waals surface area contributed by atoms with Gasteiger partial charge in [0.05, 0.1) is 30.8 Å². The highest BCUT2D eigenvalue weighted by Crippen LogP contribution is 2.50. The minimum Gasteiger partial charge on any atom is -0.497 e. The van der Waals surface area contributed by atoms with Crippen molar-refractivity contribution in [2.45, 2.75) is 42.8 Å². The van der Waals surface area contributed by atoms with Gasteiger partial charge < -0.3 is 14.4 Å². The number of benzene rings is 3. The highest BCUT2D eigenvalue weighted by molar-refractivity contribution is 7.93. The second kappa shape index (κ2) is 12.4. The van der Waals surface area contributed by atoms with Gasteiger partial charge in [-0.3, -0.25) is 19.8 Å². The molecular formula is C32H37ClN4O6S. The third-order valence-electron chi connectivity index (χ3n) is 8.20. The Morgan fingerprint density at radius 3 is 2.30 bits per heavy atom. The van der Waals surface area contributed by atoms with Gasteiger partial charge in [-0.1, -0.05) is 23.7 Å². The Morgan fingerprint density at radius 1 is 1.00 bits per heavy atom. The van der Waals surface area contributed by atoms with E-state index >= 15 is 0 Å². The average Bonchev–Trinajstić information content (AvgIpc) is 3.61. The van der Waals surface area contributed by atoms with Crippen molar-refractivity contribution in [2.75, 3.05) is 45.7 Å². The quantitative estimate of drug-likeness (QED) is 0.354. The van der Waals surface area contributed by atoms with Crippen molar-refractivity contribution in [2.24, 2.45) is 0 Å². The molecule has 2 aliphatic rings. The van der Waals surface area contributed by atoms with E-state index in [1.807, 2.05) is 12.1 Å². The van der Waals surface area contributed by atoms with Gasteiger partial charge >= 0.3 is 0 Å². The minimum atomic E-state index is -4.43. The van der Waals surface area contributed by atoms with Crippen LogP contribution in [0.1, 0.15) is 36.5 Å². The molecule has 12 heteroatoms. The maximum Gasteiger partial charge on any atom is 0.270 e. The maximum atomic E-state index is 14.9. The standard InChI is InChI=1S/C32H37ClN4O6S/c1-21(30(38)35(2)3)34-32(26-14-8-22(18-29(26)43-5)20-36-16-6-7-17-36)27-19-23(33)9-15-28(27)37(31(32)39)44(40,41)25-12-10-24(42-4)11-13-25/h8-15,18-19,21,34H,6-7,16-17,20H2,1-5H3/t21?,32-/m1/s1. The van der Waals surface area contributed by atoms with Crippen LogP contribution in [-0.2, 0) is 31.7 Å². The number of carbonyl (C=O) groups is 2. The first-order valence-electron chi connectivity index (χ1n) is 14.4. The molecule has 3 aromatic rings. The third-order valence-corrected chi connectivity index (χ3v) is 10.1. The van der Waals surface area contributed by atoms with Crippen LogP contribution in [-0.4, -0.2) is 77.5 Å². The van der Waals surface area contributed by atoms with Gasteiger partial charge in [-0.2, -0.15) is 0 Å². The van der Waals surface area contributed by atoms with Gasteiger partial charge in [0.15, 0.2) is 5.54 Å². The molecule has 2 atom stereocenters. The van der Waals surface area contributed by atoms with Crippen LogP contribution in [0.25, 0.3) is 0 Å². The van der Waals surface area contributed by atoms with Crippen molar-refractivity contribution in [1.29, 1.82) is 0 Å². The van der Waals surface area contributed by atoms with E-state index in [4.69, 9.17) is 21.1 Å². The summed E-state index contributed by atoms with van der Waals surface area (Å²) in [5.74, 6) is -0.271. The van der Waals surface area contributed by atoms with Crippen molar-refractivity contribution < 1.29 is 27.5 Å². The zero-order chi connectivity index (χ0) is 31.8. The van der Waals surface area contributed by atoms with Crippen LogP contribution in [0.5, 0.6) is 11.5 Å². The summed E-state index contributed by atoms with van der Waals surface area (Å²) in [6, 6.07) is 15.1. The molecule has 1 unspecified atom stereocenters. The van der Waals surface area contributed by atoms with E-state index in [0.29, 0.717) is 28.6 Å². The summed E-state index contributed by atoms with van der Waals surface area (Å²) < 4.78 is 40.3. The number of likely N-dealkylation sites (tertiary alicyclic amines) is 1. The summed E-state index contributed by atoms with van der Waals surface area (Å²) >= 11 is 6.51. The van der Waals surface area contributed by atoms with Crippen molar-refractivity contribution in [3.05, 3.63) is 82.4 Å². The van der Waals surface area contributed by atoms with Crippen molar-refractivity contribution in [3.63, 3.8) is 0 Å². The number of nitrogens with zero attached hydrogens (tertiary/aromatic N) is 3. The van der Waals surface area contributed by atoms with Gasteiger partial charge in [0, 0.05) is 36.8 Å². The molecule has 10 nitrogen and oxygen atoms in total. The van der Waals surface area contributed by atoms with Gasteiger partial charge in [-0.25, -0.2) is 12.7 Å². The molecule has 0 spiro atoms. The second-order valence-corrected chi connectivity index (χ2v) is 13.5. The number of sulfonamides is 1. The number of carbonyl (C=O) groups excluding carboxylic acids is 2. The van der Waals surface area contributed by atoms with E-state index in [9.17, 15) is 18.0 Å². The normalized spacial score (nSPS) is 19.1. The smallest absolute Gasteiger partial charge is 0.270 e. The van der Waals surface area contributed by atoms with Gasteiger partial charge in [0.25, 0.3) is 15.9 Å². The van der Waals surface area contributed by atoms with E-state index in [2.05, 4.69) is 10.2 Å². The summed E-state index contributed by atoms with van der Waals surface area (Å²) in [6.45, 7) is 4.35. The fourth-order valence-electron chi connectivity index (χ4n) is 6.05. The lowest BCUT2D eigenvalue weighted by molar-refractivity contribution is -0.131. The van der Waals surface area contributed by atoms with E-state index in [1.54, 1.807) is 33.2 Å². The Kier molecular flexibility index (Phi) is 8.95. The fraction of sp³-hybridized carbons (Fsp3) is 0.375. The fourth-order valence-corrected chi connectivity index (χ4v) is 7.68. The topological polar surface area (TPSA) is 108 Å². The Balaban J connectivity index is 1.73. The van der Waals surface area contributed by atoms with E-state index < -0.39 is 27.5 Å². The molecule has 1 saturated heterocycles. The summed E-state index contributed by atoms with van der Waals surface area (Å²) in [5, 5.41) is 3.54. The van der Waals surface area contributed by atoms with Crippen molar-refractivity contribution >= 4 is 39.1 Å². The lowest BCUT2D eigenvalue weighted by atomic mass is 9.82. The molecule has 1 fully saturated rings. The van der Waals surface area contributed by atoms with Crippen LogP contribution < -0.4 is 19.1 Å². The van der Waals surface area contributed by atoms with E-state index in [0.717, 1.165) is 35.8 Å². The van der Waals surface area contributed by atoms with Crippen LogP contribution in [0.15, 0.2) is 65.6 Å².